The lowest BCUT2D eigenvalue weighted by Crippen LogP contribution is -2.42. The first-order chi connectivity index (χ1) is 15.9. The molecule has 1 aromatic heterocycles. The van der Waals surface area contributed by atoms with E-state index in [0.717, 1.165) is 30.8 Å². The van der Waals surface area contributed by atoms with Crippen LogP contribution in [0.25, 0.3) is 11.0 Å². The predicted molar refractivity (Wildman–Crippen MR) is 128 cm³/mol. The number of ether oxygens (including phenoxy) is 1. The number of aryl methyl sites for hydroxylation is 1. The molecule has 5 rings (SSSR count). The summed E-state index contributed by atoms with van der Waals surface area (Å²) in [6, 6.07) is 13.4. The maximum Gasteiger partial charge on any atom is 0.290 e. The maximum atomic E-state index is 13.7. The minimum atomic E-state index is -0.448. The molecule has 2 aromatic carbocycles. The molecule has 1 saturated heterocycles. The molecule has 172 valence electrons. The van der Waals surface area contributed by atoms with Crippen molar-refractivity contribution in [2.24, 2.45) is 0 Å². The summed E-state index contributed by atoms with van der Waals surface area (Å²) in [5.41, 5.74) is 3.95. The molecule has 1 fully saturated rings. The summed E-state index contributed by atoms with van der Waals surface area (Å²) < 4.78 is 11.5. The van der Waals surface area contributed by atoms with Crippen LogP contribution in [0.1, 0.15) is 58.6 Å². The van der Waals surface area contributed by atoms with Gasteiger partial charge in [-0.1, -0.05) is 49.7 Å². The SMILES string of the molecule is Cc1ccc2oc3c(c(=O)c2c1)[C@@H](c1ccc(C(C)C)cc1)N(CCN1CCOCC1)C3=O. The standard InChI is InChI=1S/C27H30N2O4/c1-17(2)19-5-7-20(8-6-19)24-23-25(30)21-16-18(3)4-9-22(21)33-26(23)27(31)29(24)11-10-28-12-14-32-15-13-28/h4-9,16-17,24H,10-15H2,1-3H3/t24-/m1/s1. The van der Waals surface area contributed by atoms with Crippen LogP contribution in [0, 0.1) is 6.92 Å². The van der Waals surface area contributed by atoms with Crippen molar-refractivity contribution in [3.05, 3.63) is 80.7 Å². The third-order valence-corrected chi connectivity index (χ3v) is 6.80. The fourth-order valence-electron chi connectivity index (χ4n) is 4.85. The molecule has 0 aliphatic carbocycles. The molecule has 0 spiro atoms. The quantitative estimate of drug-likeness (QED) is 0.590. The number of amides is 1. The van der Waals surface area contributed by atoms with Crippen molar-refractivity contribution in [3.8, 4) is 0 Å². The number of hydrogen-bond donors (Lipinski definition) is 0. The van der Waals surface area contributed by atoms with E-state index < -0.39 is 6.04 Å². The Hall–Kier alpha value is -2.96. The van der Waals surface area contributed by atoms with Gasteiger partial charge in [-0.3, -0.25) is 14.5 Å². The summed E-state index contributed by atoms with van der Waals surface area (Å²) in [5.74, 6) is 0.373. The van der Waals surface area contributed by atoms with Crippen LogP contribution in [0.2, 0.25) is 0 Å². The molecular weight excluding hydrogens is 416 g/mol. The molecular formula is C27H30N2O4. The molecule has 0 unspecified atom stereocenters. The first-order valence-corrected chi connectivity index (χ1v) is 11.7. The second-order valence-electron chi connectivity index (χ2n) is 9.35. The Bertz CT molecular complexity index is 1240. The monoisotopic (exact) mass is 446 g/mol. The summed E-state index contributed by atoms with van der Waals surface area (Å²) in [6.07, 6.45) is 0. The van der Waals surface area contributed by atoms with Crippen molar-refractivity contribution in [1.82, 2.24) is 9.80 Å². The summed E-state index contributed by atoms with van der Waals surface area (Å²) in [6.45, 7) is 10.6. The topological polar surface area (TPSA) is 63.0 Å². The zero-order valence-corrected chi connectivity index (χ0v) is 19.5. The van der Waals surface area contributed by atoms with E-state index in [-0.39, 0.29) is 17.1 Å². The van der Waals surface area contributed by atoms with E-state index in [0.29, 0.717) is 42.2 Å². The van der Waals surface area contributed by atoms with Crippen molar-refractivity contribution in [2.45, 2.75) is 32.7 Å². The molecule has 1 atom stereocenters. The van der Waals surface area contributed by atoms with Gasteiger partial charge in [-0.25, -0.2) is 0 Å². The first kappa shape index (κ1) is 21.9. The van der Waals surface area contributed by atoms with Gasteiger partial charge < -0.3 is 14.1 Å². The molecule has 0 N–H and O–H groups in total. The van der Waals surface area contributed by atoms with Crippen LogP contribution in [-0.4, -0.2) is 55.1 Å². The molecule has 3 aromatic rings. The average molecular weight is 447 g/mol. The molecule has 6 nitrogen and oxygen atoms in total. The van der Waals surface area contributed by atoms with Crippen LogP contribution in [0.15, 0.2) is 51.7 Å². The van der Waals surface area contributed by atoms with Crippen LogP contribution >= 0.6 is 0 Å². The van der Waals surface area contributed by atoms with Crippen molar-refractivity contribution in [3.63, 3.8) is 0 Å². The van der Waals surface area contributed by atoms with Crippen LogP contribution in [0.4, 0.5) is 0 Å². The summed E-state index contributed by atoms with van der Waals surface area (Å²) in [5, 5.41) is 0.528. The highest BCUT2D eigenvalue weighted by atomic mass is 16.5. The molecule has 2 aliphatic rings. The number of hydrogen-bond acceptors (Lipinski definition) is 5. The number of carbonyl (C=O) groups excluding carboxylic acids is 1. The number of fused-ring (bicyclic) bond motifs is 2. The maximum absolute atomic E-state index is 13.7. The number of rotatable bonds is 5. The van der Waals surface area contributed by atoms with Crippen LogP contribution in [-0.2, 0) is 4.74 Å². The molecule has 33 heavy (non-hydrogen) atoms. The van der Waals surface area contributed by atoms with E-state index >= 15 is 0 Å². The van der Waals surface area contributed by atoms with E-state index in [9.17, 15) is 9.59 Å². The minimum absolute atomic E-state index is 0.116. The largest absolute Gasteiger partial charge is 0.450 e. The first-order valence-electron chi connectivity index (χ1n) is 11.7. The highest BCUT2D eigenvalue weighted by Gasteiger charge is 2.42. The van der Waals surface area contributed by atoms with Gasteiger partial charge in [0.25, 0.3) is 5.91 Å². The van der Waals surface area contributed by atoms with Gasteiger partial charge in [-0.2, -0.15) is 0 Å². The van der Waals surface area contributed by atoms with Crippen molar-refractivity contribution in [1.29, 1.82) is 0 Å². The van der Waals surface area contributed by atoms with Gasteiger partial charge in [-0.15, -0.1) is 0 Å². The molecule has 1 amide bonds. The molecule has 0 saturated carbocycles. The number of nitrogens with zero attached hydrogens (tertiary/aromatic N) is 2. The van der Waals surface area contributed by atoms with Crippen molar-refractivity contribution >= 4 is 16.9 Å². The lowest BCUT2D eigenvalue weighted by molar-refractivity contribution is 0.0314. The van der Waals surface area contributed by atoms with E-state index in [1.54, 1.807) is 11.0 Å². The number of benzene rings is 2. The Labute approximate surface area is 193 Å². The van der Waals surface area contributed by atoms with E-state index in [1.165, 1.54) is 5.56 Å². The summed E-state index contributed by atoms with van der Waals surface area (Å²) in [7, 11) is 0. The van der Waals surface area contributed by atoms with Crippen molar-refractivity contribution < 1.29 is 13.9 Å². The van der Waals surface area contributed by atoms with Gasteiger partial charge in [0.15, 0.2) is 5.43 Å². The van der Waals surface area contributed by atoms with Crippen LogP contribution in [0.5, 0.6) is 0 Å². The normalized spacial score (nSPS) is 19.0. The van der Waals surface area contributed by atoms with E-state index in [1.807, 2.05) is 31.2 Å². The number of carbonyl (C=O) groups is 1. The smallest absolute Gasteiger partial charge is 0.290 e. The van der Waals surface area contributed by atoms with E-state index in [4.69, 9.17) is 9.15 Å². The third kappa shape index (κ3) is 3.98. The summed E-state index contributed by atoms with van der Waals surface area (Å²) >= 11 is 0. The highest BCUT2D eigenvalue weighted by Crippen LogP contribution is 2.38. The van der Waals surface area contributed by atoms with Gasteiger partial charge in [0.2, 0.25) is 5.76 Å². The molecule has 2 aliphatic heterocycles. The van der Waals surface area contributed by atoms with Crippen LogP contribution in [0.3, 0.4) is 0 Å². The fourth-order valence-corrected chi connectivity index (χ4v) is 4.85. The zero-order valence-electron chi connectivity index (χ0n) is 19.5. The lowest BCUT2D eigenvalue weighted by Gasteiger charge is -2.31. The minimum Gasteiger partial charge on any atom is -0.450 e. The van der Waals surface area contributed by atoms with Crippen molar-refractivity contribution in [2.75, 3.05) is 39.4 Å². The highest BCUT2D eigenvalue weighted by molar-refractivity contribution is 5.99. The summed E-state index contributed by atoms with van der Waals surface area (Å²) in [4.78, 5) is 31.3. The molecule has 3 heterocycles. The fraction of sp³-hybridized carbons (Fsp3) is 0.407. The van der Waals surface area contributed by atoms with Gasteiger partial charge in [0, 0.05) is 26.2 Å². The van der Waals surface area contributed by atoms with Crippen LogP contribution < -0.4 is 5.43 Å². The lowest BCUT2D eigenvalue weighted by atomic mass is 9.95. The zero-order chi connectivity index (χ0) is 23.1. The Balaban J connectivity index is 1.59. The molecule has 0 radical (unpaired) electrons. The second kappa shape index (κ2) is 8.76. The Kier molecular flexibility index (Phi) is 5.81. The molecule has 6 heteroatoms. The Morgan fingerprint density at radius 2 is 1.73 bits per heavy atom. The van der Waals surface area contributed by atoms with Gasteiger partial charge in [0.05, 0.1) is 30.2 Å². The van der Waals surface area contributed by atoms with Gasteiger partial charge >= 0.3 is 0 Å². The average Bonchev–Trinajstić information content (AvgIpc) is 3.10. The molecule has 0 bridgehead atoms. The Morgan fingerprint density at radius 1 is 1.00 bits per heavy atom. The number of morpholine rings is 1. The van der Waals surface area contributed by atoms with Gasteiger partial charge in [0.1, 0.15) is 5.58 Å². The van der Waals surface area contributed by atoms with Gasteiger partial charge in [-0.05, 0) is 36.1 Å². The predicted octanol–water partition coefficient (Wildman–Crippen LogP) is 4.10. The third-order valence-electron chi connectivity index (χ3n) is 6.80. The van der Waals surface area contributed by atoms with E-state index in [2.05, 4.69) is 30.9 Å². The Morgan fingerprint density at radius 3 is 2.42 bits per heavy atom. The second-order valence-corrected chi connectivity index (χ2v) is 9.35.